The van der Waals surface area contributed by atoms with E-state index in [4.69, 9.17) is 5.11 Å². The zero-order chi connectivity index (χ0) is 15.2. The molecular weight excluding hydrogens is 286 g/mol. The average molecular weight is 307 g/mol. The van der Waals surface area contributed by atoms with Crippen LogP contribution in [0.25, 0.3) is 6.08 Å². The van der Waals surface area contributed by atoms with Crippen molar-refractivity contribution in [2.45, 2.75) is 32.6 Å². The lowest BCUT2D eigenvalue weighted by atomic mass is 9.92. The predicted molar refractivity (Wildman–Crippen MR) is 84.5 cm³/mol. The van der Waals surface area contributed by atoms with Gasteiger partial charge in [-0.2, -0.15) is 0 Å². The molecule has 0 radical (unpaired) electrons. The van der Waals surface area contributed by atoms with Gasteiger partial charge in [0, 0.05) is 19.2 Å². The van der Waals surface area contributed by atoms with Gasteiger partial charge in [0.15, 0.2) is 0 Å². The van der Waals surface area contributed by atoms with Crippen molar-refractivity contribution in [3.63, 3.8) is 0 Å². The van der Waals surface area contributed by atoms with Crippen LogP contribution in [-0.2, 0) is 4.79 Å². The number of likely N-dealkylation sites (tertiary alicyclic amines) is 1. The largest absolute Gasteiger partial charge is 0.478 e. The fraction of sp³-hybridized carbons (Fsp3) is 0.500. The Labute approximate surface area is 129 Å². The van der Waals surface area contributed by atoms with E-state index >= 15 is 0 Å². The first-order valence-corrected chi connectivity index (χ1v) is 8.27. The number of carbonyl (C=O) groups excluding carboxylic acids is 1. The van der Waals surface area contributed by atoms with Gasteiger partial charge in [-0.15, -0.1) is 11.3 Å². The van der Waals surface area contributed by atoms with Gasteiger partial charge in [-0.25, -0.2) is 4.79 Å². The lowest BCUT2D eigenvalue weighted by Crippen LogP contribution is -2.38. The first kappa shape index (κ1) is 15.8. The highest BCUT2D eigenvalue weighted by atomic mass is 32.1. The second kappa shape index (κ2) is 7.41. The van der Waals surface area contributed by atoms with Crippen LogP contribution in [0.15, 0.2) is 17.5 Å². The Morgan fingerprint density at radius 1 is 1.43 bits per heavy atom. The van der Waals surface area contributed by atoms with Gasteiger partial charge in [-0.3, -0.25) is 4.79 Å². The Bertz CT molecular complexity index is 527. The number of carbonyl (C=O) groups is 2. The molecule has 1 aromatic heterocycles. The van der Waals surface area contributed by atoms with Crippen molar-refractivity contribution in [3.8, 4) is 0 Å². The van der Waals surface area contributed by atoms with Crippen LogP contribution in [0.3, 0.4) is 0 Å². The minimum atomic E-state index is -1.00. The van der Waals surface area contributed by atoms with Crippen molar-refractivity contribution in [1.29, 1.82) is 0 Å². The van der Waals surface area contributed by atoms with Gasteiger partial charge in [0.05, 0.1) is 4.88 Å². The zero-order valence-electron chi connectivity index (χ0n) is 12.2. The maximum absolute atomic E-state index is 12.5. The maximum Gasteiger partial charge on any atom is 0.328 e. The highest BCUT2D eigenvalue weighted by Gasteiger charge is 2.24. The van der Waals surface area contributed by atoms with E-state index in [0.29, 0.717) is 10.4 Å². The third kappa shape index (κ3) is 4.17. The molecule has 0 saturated carbocycles. The Kier molecular flexibility index (Phi) is 5.56. The van der Waals surface area contributed by atoms with E-state index < -0.39 is 5.97 Å². The van der Waals surface area contributed by atoms with Gasteiger partial charge < -0.3 is 10.0 Å². The Morgan fingerprint density at radius 3 is 2.76 bits per heavy atom. The van der Waals surface area contributed by atoms with Crippen LogP contribution < -0.4 is 0 Å². The van der Waals surface area contributed by atoms with Crippen molar-refractivity contribution < 1.29 is 14.7 Å². The summed E-state index contributed by atoms with van der Waals surface area (Å²) >= 11 is 1.38. The van der Waals surface area contributed by atoms with Crippen LogP contribution in [0.2, 0.25) is 0 Å². The second-order valence-electron chi connectivity index (χ2n) is 5.40. The van der Waals surface area contributed by atoms with Crippen molar-refractivity contribution in [2.75, 3.05) is 13.1 Å². The number of nitrogens with zero attached hydrogens (tertiary/aromatic N) is 1. The molecule has 0 aliphatic carbocycles. The van der Waals surface area contributed by atoms with Crippen LogP contribution in [0.5, 0.6) is 0 Å². The number of rotatable bonds is 5. The fourth-order valence-corrected chi connectivity index (χ4v) is 3.61. The summed E-state index contributed by atoms with van der Waals surface area (Å²) in [6.07, 6.45) is 7.17. The summed E-state index contributed by atoms with van der Waals surface area (Å²) in [6.45, 7) is 3.82. The molecule has 4 nitrogen and oxygen atoms in total. The summed E-state index contributed by atoms with van der Waals surface area (Å²) in [4.78, 5) is 25.7. The molecule has 0 atom stereocenters. The van der Waals surface area contributed by atoms with Gasteiger partial charge in [0.25, 0.3) is 5.91 Å². The lowest BCUT2D eigenvalue weighted by molar-refractivity contribution is -0.131. The molecule has 0 bridgehead atoms. The second-order valence-corrected chi connectivity index (χ2v) is 6.32. The number of hydrogen-bond donors (Lipinski definition) is 1. The normalized spacial score (nSPS) is 16.5. The van der Waals surface area contributed by atoms with E-state index in [1.165, 1.54) is 30.3 Å². The molecule has 0 aromatic carbocycles. The predicted octanol–water partition coefficient (Wildman–Crippen LogP) is 3.50. The molecule has 5 heteroatoms. The molecule has 1 fully saturated rings. The Morgan fingerprint density at radius 2 is 2.14 bits per heavy atom. The molecule has 114 valence electrons. The topological polar surface area (TPSA) is 57.6 Å². The molecule has 1 aliphatic rings. The van der Waals surface area contributed by atoms with Crippen LogP contribution in [0, 0.1) is 5.92 Å². The van der Waals surface area contributed by atoms with E-state index in [1.807, 2.05) is 10.3 Å². The standard InChI is InChI=1S/C16H21NO3S/c1-2-3-12-6-9-17(10-7-12)16(20)15-13(8-11-21-15)4-5-14(18)19/h4-5,8,11-12H,2-3,6-7,9-10H2,1H3,(H,18,19). The van der Waals surface area contributed by atoms with E-state index in [2.05, 4.69) is 6.92 Å². The van der Waals surface area contributed by atoms with Crippen molar-refractivity contribution >= 4 is 29.3 Å². The van der Waals surface area contributed by atoms with E-state index in [1.54, 1.807) is 6.07 Å². The van der Waals surface area contributed by atoms with Gasteiger partial charge in [0.1, 0.15) is 0 Å². The molecule has 0 spiro atoms. The summed E-state index contributed by atoms with van der Waals surface area (Å²) in [5.74, 6) is -0.223. The van der Waals surface area contributed by atoms with Crippen molar-refractivity contribution in [2.24, 2.45) is 5.92 Å². The Hall–Kier alpha value is -1.62. The third-order valence-corrected chi connectivity index (χ3v) is 4.81. The maximum atomic E-state index is 12.5. The van der Waals surface area contributed by atoms with Gasteiger partial charge in [-0.05, 0) is 41.8 Å². The number of amides is 1. The average Bonchev–Trinajstić information content (AvgIpc) is 2.94. The zero-order valence-corrected chi connectivity index (χ0v) is 13.1. The molecule has 1 saturated heterocycles. The molecule has 1 N–H and O–H groups in total. The summed E-state index contributed by atoms with van der Waals surface area (Å²) in [7, 11) is 0. The smallest absolute Gasteiger partial charge is 0.328 e. The molecule has 1 amide bonds. The minimum Gasteiger partial charge on any atom is -0.478 e. The van der Waals surface area contributed by atoms with Crippen LogP contribution in [-0.4, -0.2) is 35.0 Å². The van der Waals surface area contributed by atoms with Crippen LogP contribution in [0.4, 0.5) is 0 Å². The van der Waals surface area contributed by atoms with E-state index in [9.17, 15) is 9.59 Å². The molecule has 1 aliphatic heterocycles. The quantitative estimate of drug-likeness (QED) is 0.847. The summed E-state index contributed by atoms with van der Waals surface area (Å²) in [5.41, 5.74) is 0.697. The molecule has 2 heterocycles. The summed E-state index contributed by atoms with van der Waals surface area (Å²) < 4.78 is 0. The van der Waals surface area contributed by atoms with Crippen molar-refractivity contribution in [1.82, 2.24) is 4.90 Å². The molecule has 0 unspecified atom stereocenters. The third-order valence-electron chi connectivity index (χ3n) is 3.89. The number of thiophene rings is 1. The Balaban J connectivity index is 2.01. The molecule has 2 rings (SSSR count). The van der Waals surface area contributed by atoms with Crippen molar-refractivity contribution in [3.05, 3.63) is 28.0 Å². The number of aliphatic carboxylic acids is 1. The first-order valence-electron chi connectivity index (χ1n) is 7.39. The minimum absolute atomic E-state index is 0.0324. The molecule has 21 heavy (non-hydrogen) atoms. The number of carboxylic acids is 1. The number of hydrogen-bond acceptors (Lipinski definition) is 3. The first-order chi connectivity index (χ1) is 10.1. The van der Waals surface area contributed by atoms with Gasteiger partial charge in [-0.1, -0.05) is 19.8 Å². The van der Waals surface area contributed by atoms with Gasteiger partial charge in [0.2, 0.25) is 0 Å². The fourth-order valence-electron chi connectivity index (χ4n) is 2.76. The highest BCUT2D eigenvalue weighted by molar-refractivity contribution is 7.12. The lowest BCUT2D eigenvalue weighted by Gasteiger charge is -2.31. The van der Waals surface area contributed by atoms with E-state index in [-0.39, 0.29) is 5.91 Å². The molecule has 1 aromatic rings. The van der Waals surface area contributed by atoms with Crippen LogP contribution in [0.1, 0.15) is 47.8 Å². The monoisotopic (exact) mass is 307 g/mol. The SMILES string of the molecule is CCCC1CCN(C(=O)c2sccc2C=CC(=O)O)CC1. The highest BCUT2D eigenvalue weighted by Crippen LogP contribution is 2.26. The summed E-state index contributed by atoms with van der Waals surface area (Å²) in [6, 6.07) is 1.79. The molecular formula is C16H21NO3S. The summed E-state index contributed by atoms with van der Waals surface area (Å²) in [5, 5.41) is 10.5. The number of carboxylic acid groups (broad SMARTS) is 1. The van der Waals surface area contributed by atoms with E-state index in [0.717, 1.165) is 37.9 Å². The van der Waals surface area contributed by atoms with Crippen LogP contribution >= 0.6 is 11.3 Å². The number of piperidine rings is 1. The van der Waals surface area contributed by atoms with Gasteiger partial charge >= 0.3 is 5.97 Å².